The molecule has 0 saturated carbocycles. The van der Waals surface area contributed by atoms with Crippen LogP contribution in [0.15, 0.2) is 0 Å². The molecular formula is C8H16N2. The first-order valence-corrected chi connectivity index (χ1v) is 3.99. The Hall–Kier alpha value is -0.0800. The van der Waals surface area contributed by atoms with Crippen molar-refractivity contribution < 1.29 is 0 Å². The lowest BCUT2D eigenvalue weighted by Gasteiger charge is -2.29. The fourth-order valence-corrected chi connectivity index (χ4v) is 1.40. The smallest absolute Gasteiger partial charge is 0.00161 e. The van der Waals surface area contributed by atoms with Gasteiger partial charge in [-0.05, 0) is 45.3 Å². The first-order valence-electron chi connectivity index (χ1n) is 3.99. The summed E-state index contributed by atoms with van der Waals surface area (Å²) < 4.78 is 0. The van der Waals surface area contributed by atoms with Crippen molar-refractivity contribution in [2.75, 3.05) is 26.2 Å². The summed E-state index contributed by atoms with van der Waals surface area (Å²) in [6.45, 7) is 9.31. The SMILES string of the molecule is [CH]CN1CCC(CN)CC1. The summed E-state index contributed by atoms with van der Waals surface area (Å²) in [6, 6.07) is 0. The predicted octanol–water partition coefficient (Wildman–Crippen LogP) is 0.368. The predicted molar refractivity (Wildman–Crippen MR) is 42.5 cm³/mol. The van der Waals surface area contributed by atoms with Crippen LogP contribution < -0.4 is 5.73 Å². The van der Waals surface area contributed by atoms with Crippen LogP contribution in [0.4, 0.5) is 0 Å². The first-order chi connectivity index (χ1) is 4.86. The molecule has 0 bridgehead atoms. The van der Waals surface area contributed by atoms with Gasteiger partial charge in [0.2, 0.25) is 0 Å². The number of nitrogens with two attached hydrogens (primary N) is 1. The zero-order valence-electron chi connectivity index (χ0n) is 6.42. The highest BCUT2D eigenvalue weighted by Crippen LogP contribution is 2.14. The quantitative estimate of drug-likeness (QED) is 0.600. The average Bonchev–Trinajstić information content (AvgIpc) is 2.05. The van der Waals surface area contributed by atoms with Gasteiger partial charge in [0.25, 0.3) is 0 Å². The zero-order chi connectivity index (χ0) is 7.40. The van der Waals surface area contributed by atoms with Crippen LogP contribution in [0.3, 0.4) is 0 Å². The third kappa shape index (κ3) is 1.96. The molecule has 1 saturated heterocycles. The molecule has 0 unspecified atom stereocenters. The largest absolute Gasteiger partial charge is 0.330 e. The highest BCUT2D eigenvalue weighted by atomic mass is 15.1. The van der Waals surface area contributed by atoms with Crippen LogP contribution in [-0.2, 0) is 0 Å². The zero-order valence-corrected chi connectivity index (χ0v) is 6.42. The van der Waals surface area contributed by atoms with E-state index < -0.39 is 0 Å². The van der Waals surface area contributed by atoms with Gasteiger partial charge in [0.15, 0.2) is 0 Å². The van der Waals surface area contributed by atoms with E-state index in [1.165, 1.54) is 12.8 Å². The van der Waals surface area contributed by atoms with E-state index in [4.69, 9.17) is 12.7 Å². The normalized spacial score (nSPS) is 23.4. The molecule has 0 atom stereocenters. The topological polar surface area (TPSA) is 29.3 Å². The van der Waals surface area contributed by atoms with E-state index in [1.54, 1.807) is 0 Å². The lowest BCUT2D eigenvalue weighted by Crippen LogP contribution is -2.35. The number of likely N-dealkylation sites (tertiary alicyclic amines) is 1. The summed E-state index contributed by atoms with van der Waals surface area (Å²) in [5, 5.41) is 0. The van der Waals surface area contributed by atoms with Gasteiger partial charge in [0.1, 0.15) is 0 Å². The lowest BCUT2D eigenvalue weighted by molar-refractivity contribution is 0.203. The highest BCUT2D eigenvalue weighted by Gasteiger charge is 2.15. The highest BCUT2D eigenvalue weighted by molar-refractivity contribution is 4.72. The molecule has 2 N–H and O–H groups in total. The molecule has 0 amide bonds. The van der Waals surface area contributed by atoms with Gasteiger partial charge in [-0.3, -0.25) is 0 Å². The number of piperidine rings is 1. The molecule has 0 aromatic carbocycles. The molecule has 0 aromatic heterocycles. The van der Waals surface area contributed by atoms with Gasteiger partial charge in [0.05, 0.1) is 0 Å². The molecule has 58 valence electrons. The molecule has 1 heterocycles. The Morgan fingerprint density at radius 2 is 2.00 bits per heavy atom. The third-order valence-corrected chi connectivity index (χ3v) is 2.30. The third-order valence-electron chi connectivity index (χ3n) is 2.30. The van der Waals surface area contributed by atoms with Crippen molar-refractivity contribution in [3.05, 3.63) is 6.92 Å². The second-order valence-corrected chi connectivity index (χ2v) is 2.98. The van der Waals surface area contributed by atoms with E-state index in [1.807, 2.05) is 0 Å². The Morgan fingerprint density at radius 3 is 2.40 bits per heavy atom. The van der Waals surface area contributed by atoms with E-state index in [2.05, 4.69) is 4.90 Å². The summed E-state index contributed by atoms with van der Waals surface area (Å²) in [4.78, 5) is 2.27. The van der Waals surface area contributed by atoms with Gasteiger partial charge in [0, 0.05) is 6.54 Å². The van der Waals surface area contributed by atoms with Crippen molar-refractivity contribution in [1.82, 2.24) is 4.90 Å². The van der Waals surface area contributed by atoms with Gasteiger partial charge in [-0.15, -0.1) is 0 Å². The van der Waals surface area contributed by atoms with Crippen LogP contribution in [0.25, 0.3) is 0 Å². The Balaban J connectivity index is 2.17. The van der Waals surface area contributed by atoms with Crippen LogP contribution >= 0.6 is 0 Å². The average molecular weight is 140 g/mol. The molecule has 10 heavy (non-hydrogen) atoms. The molecule has 0 spiro atoms. The van der Waals surface area contributed by atoms with Crippen molar-refractivity contribution in [2.24, 2.45) is 11.7 Å². The summed E-state index contributed by atoms with van der Waals surface area (Å²) >= 11 is 0. The fraction of sp³-hybridized carbons (Fsp3) is 0.875. The molecular weight excluding hydrogens is 124 g/mol. The van der Waals surface area contributed by atoms with Gasteiger partial charge in [-0.25, -0.2) is 0 Å². The van der Waals surface area contributed by atoms with E-state index in [0.29, 0.717) is 6.54 Å². The first kappa shape index (κ1) is 8.02. The van der Waals surface area contributed by atoms with Crippen LogP contribution in [0, 0.1) is 12.8 Å². The molecule has 2 heteroatoms. The van der Waals surface area contributed by atoms with Crippen molar-refractivity contribution in [1.29, 1.82) is 0 Å². The van der Waals surface area contributed by atoms with E-state index in [-0.39, 0.29) is 0 Å². The monoisotopic (exact) mass is 140 g/mol. The van der Waals surface area contributed by atoms with Crippen LogP contribution in [0.1, 0.15) is 12.8 Å². The van der Waals surface area contributed by atoms with Gasteiger partial charge >= 0.3 is 0 Å². The molecule has 1 fully saturated rings. The number of hydrogen-bond acceptors (Lipinski definition) is 2. The second-order valence-electron chi connectivity index (χ2n) is 2.98. The van der Waals surface area contributed by atoms with E-state index >= 15 is 0 Å². The Kier molecular flexibility index (Phi) is 3.16. The summed E-state index contributed by atoms with van der Waals surface area (Å²) in [6.07, 6.45) is 2.46. The number of rotatable bonds is 2. The Labute approximate surface area is 63.4 Å². The number of hydrogen-bond donors (Lipinski definition) is 1. The Morgan fingerprint density at radius 1 is 1.40 bits per heavy atom. The molecule has 0 aliphatic carbocycles. The van der Waals surface area contributed by atoms with Crippen LogP contribution in [-0.4, -0.2) is 31.1 Å². The maximum Gasteiger partial charge on any atom is 0.00161 e. The van der Waals surface area contributed by atoms with E-state index in [0.717, 1.165) is 25.6 Å². The fourth-order valence-electron chi connectivity index (χ4n) is 1.40. The molecule has 0 aromatic rings. The maximum atomic E-state index is 5.54. The minimum atomic E-state index is 0.706. The number of nitrogens with zero attached hydrogens (tertiary/aromatic N) is 1. The van der Waals surface area contributed by atoms with Crippen molar-refractivity contribution in [3.63, 3.8) is 0 Å². The van der Waals surface area contributed by atoms with Crippen molar-refractivity contribution in [2.45, 2.75) is 12.8 Å². The molecule has 2 nitrogen and oxygen atoms in total. The minimum Gasteiger partial charge on any atom is -0.330 e. The summed E-state index contributed by atoms with van der Waals surface area (Å²) in [7, 11) is 0. The standard InChI is InChI=1S/C8H16N2/c1-2-10-5-3-8(7-9)4-6-10/h1,8H,2-7,9H2. The lowest BCUT2D eigenvalue weighted by atomic mass is 9.97. The maximum absolute atomic E-state index is 5.54. The van der Waals surface area contributed by atoms with Gasteiger partial charge in [-0.2, -0.15) is 0 Å². The minimum absolute atomic E-state index is 0.706. The molecule has 1 aliphatic heterocycles. The van der Waals surface area contributed by atoms with Crippen LogP contribution in [0.2, 0.25) is 0 Å². The molecule has 1 aliphatic rings. The Bertz CT molecular complexity index is 73.3. The second kappa shape index (κ2) is 3.94. The molecule has 1 rings (SSSR count). The summed E-state index contributed by atoms with van der Waals surface area (Å²) in [5.41, 5.74) is 5.54. The van der Waals surface area contributed by atoms with Gasteiger partial charge in [-0.1, -0.05) is 0 Å². The summed E-state index contributed by atoms with van der Waals surface area (Å²) in [5.74, 6) is 0.753. The van der Waals surface area contributed by atoms with Crippen molar-refractivity contribution in [3.8, 4) is 0 Å². The van der Waals surface area contributed by atoms with Crippen LogP contribution in [0.5, 0.6) is 0 Å². The van der Waals surface area contributed by atoms with Gasteiger partial charge < -0.3 is 10.6 Å². The molecule has 2 radical (unpaired) electrons. The van der Waals surface area contributed by atoms with Crippen molar-refractivity contribution >= 4 is 0 Å². The van der Waals surface area contributed by atoms with E-state index in [9.17, 15) is 0 Å².